The molecule has 1 aliphatic heterocycles. The third-order valence-electron chi connectivity index (χ3n) is 5.84. The number of nitrogens with zero attached hydrogens (tertiary/aromatic N) is 4. The molecular weight excluding hydrogens is 376 g/mol. The van der Waals surface area contributed by atoms with Gasteiger partial charge in [0.1, 0.15) is 5.78 Å². The summed E-state index contributed by atoms with van der Waals surface area (Å²) in [6.07, 6.45) is 5.23. The Morgan fingerprint density at radius 2 is 1.77 bits per heavy atom. The molecule has 0 saturated carbocycles. The van der Waals surface area contributed by atoms with E-state index in [2.05, 4.69) is 17.1 Å². The Balaban J connectivity index is 1.56. The zero-order valence-corrected chi connectivity index (χ0v) is 17.4. The molecule has 1 aliphatic rings. The lowest BCUT2D eigenvalue weighted by atomic mass is 9.87. The van der Waals surface area contributed by atoms with Crippen molar-refractivity contribution < 1.29 is 9.59 Å². The average Bonchev–Trinajstić information content (AvgIpc) is 3.29. The number of carbonyl (C=O) groups excluding carboxylic acids is 2. The fourth-order valence-corrected chi connectivity index (χ4v) is 4.08. The number of hydrogen-bond acceptors (Lipinski definition) is 4. The molecule has 0 radical (unpaired) electrons. The van der Waals surface area contributed by atoms with E-state index in [1.54, 1.807) is 12.4 Å². The van der Waals surface area contributed by atoms with Gasteiger partial charge in [0.2, 0.25) is 0 Å². The summed E-state index contributed by atoms with van der Waals surface area (Å²) in [6.45, 7) is 4.46. The minimum atomic E-state index is -0.138. The molecule has 0 spiro atoms. The summed E-state index contributed by atoms with van der Waals surface area (Å²) in [6, 6.07) is 15.6. The minimum absolute atomic E-state index is 0.0734. The standard InChI is InChI=1S/C24H26N4O2/c1-17-8-11-22(28-25-12-13-26-28)21(14-17)24(30)27-16-20(10-9-18(27)2)23(29)15-19-6-4-3-5-7-19/h3-8,11-14,18,20H,9-10,15-16H2,1-2H3. The molecule has 2 aromatic carbocycles. The molecule has 2 unspecified atom stereocenters. The van der Waals surface area contributed by atoms with E-state index in [4.69, 9.17) is 0 Å². The van der Waals surface area contributed by atoms with E-state index in [1.165, 1.54) is 4.80 Å². The highest BCUT2D eigenvalue weighted by Gasteiger charge is 2.34. The number of carbonyl (C=O) groups is 2. The molecule has 1 saturated heterocycles. The van der Waals surface area contributed by atoms with E-state index in [9.17, 15) is 9.59 Å². The number of aromatic nitrogens is 3. The Kier molecular flexibility index (Phi) is 5.74. The van der Waals surface area contributed by atoms with Crippen molar-refractivity contribution in [2.75, 3.05) is 6.54 Å². The Labute approximate surface area is 176 Å². The van der Waals surface area contributed by atoms with Gasteiger partial charge in [-0.25, -0.2) is 0 Å². The molecule has 0 N–H and O–H groups in total. The topological polar surface area (TPSA) is 68.1 Å². The van der Waals surface area contributed by atoms with Gasteiger partial charge in [-0.1, -0.05) is 42.0 Å². The summed E-state index contributed by atoms with van der Waals surface area (Å²) < 4.78 is 0. The van der Waals surface area contributed by atoms with Crippen LogP contribution in [0.2, 0.25) is 0 Å². The van der Waals surface area contributed by atoms with Crippen LogP contribution in [0.15, 0.2) is 60.9 Å². The third kappa shape index (κ3) is 4.17. The molecule has 1 aromatic heterocycles. The molecule has 6 nitrogen and oxygen atoms in total. The van der Waals surface area contributed by atoms with Crippen molar-refractivity contribution in [3.63, 3.8) is 0 Å². The molecule has 2 heterocycles. The van der Waals surface area contributed by atoms with Gasteiger partial charge in [0.25, 0.3) is 5.91 Å². The Morgan fingerprint density at radius 3 is 2.50 bits per heavy atom. The number of hydrogen-bond donors (Lipinski definition) is 0. The molecule has 0 aliphatic carbocycles. The van der Waals surface area contributed by atoms with Gasteiger partial charge in [-0.15, -0.1) is 0 Å². The quantitative estimate of drug-likeness (QED) is 0.654. The summed E-state index contributed by atoms with van der Waals surface area (Å²) in [7, 11) is 0. The van der Waals surface area contributed by atoms with Crippen molar-refractivity contribution in [1.82, 2.24) is 19.9 Å². The van der Waals surface area contributed by atoms with Crippen molar-refractivity contribution in [3.05, 3.63) is 77.6 Å². The SMILES string of the molecule is Cc1ccc(-n2nccn2)c(C(=O)N2CC(C(=O)Cc3ccccc3)CCC2C)c1. The number of amides is 1. The van der Waals surface area contributed by atoms with Crippen LogP contribution in [0.5, 0.6) is 0 Å². The average molecular weight is 402 g/mol. The number of Topliss-reactive ketones (excluding diaryl/α,β-unsaturated/α-hetero) is 1. The van der Waals surface area contributed by atoms with Crippen molar-refractivity contribution in [2.24, 2.45) is 5.92 Å². The van der Waals surface area contributed by atoms with Crippen molar-refractivity contribution >= 4 is 11.7 Å². The number of rotatable bonds is 5. The molecular formula is C24H26N4O2. The summed E-state index contributed by atoms with van der Waals surface area (Å²) in [5.41, 5.74) is 3.23. The maximum absolute atomic E-state index is 13.6. The number of benzene rings is 2. The maximum Gasteiger partial charge on any atom is 0.256 e. The van der Waals surface area contributed by atoms with Gasteiger partial charge in [-0.2, -0.15) is 15.0 Å². The van der Waals surface area contributed by atoms with Crippen molar-refractivity contribution in [2.45, 2.75) is 39.2 Å². The van der Waals surface area contributed by atoms with E-state index in [1.807, 2.05) is 60.4 Å². The first-order chi connectivity index (χ1) is 14.5. The number of piperidine rings is 1. The molecule has 6 heteroatoms. The van der Waals surface area contributed by atoms with Gasteiger partial charge in [-0.3, -0.25) is 9.59 Å². The predicted molar refractivity (Wildman–Crippen MR) is 114 cm³/mol. The minimum Gasteiger partial charge on any atom is -0.335 e. The molecule has 30 heavy (non-hydrogen) atoms. The van der Waals surface area contributed by atoms with Gasteiger partial charge in [0, 0.05) is 24.9 Å². The lowest BCUT2D eigenvalue weighted by molar-refractivity contribution is -0.123. The molecule has 4 rings (SSSR count). The summed E-state index contributed by atoms with van der Waals surface area (Å²) in [5, 5.41) is 8.39. The van der Waals surface area contributed by atoms with Crippen LogP contribution in [0.3, 0.4) is 0 Å². The van der Waals surface area contributed by atoms with Gasteiger partial charge in [0.05, 0.1) is 23.6 Å². The van der Waals surface area contributed by atoms with E-state index in [-0.39, 0.29) is 23.7 Å². The monoisotopic (exact) mass is 402 g/mol. The van der Waals surface area contributed by atoms with Crippen LogP contribution >= 0.6 is 0 Å². The van der Waals surface area contributed by atoms with Gasteiger partial charge >= 0.3 is 0 Å². The Morgan fingerprint density at radius 1 is 1.03 bits per heavy atom. The summed E-state index contributed by atoms with van der Waals surface area (Å²) in [5.74, 6) is -0.0127. The molecule has 0 bridgehead atoms. The largest absolute Gasteiger partial charge is 0.335 e. The first-order valence-electron chi connectivity index (χ1n) is 10.4. The first kappa shape index (κ1) is 20.0. The highest BCUT2D eigenvalue weighted by atomic mass is 16.2. The van der Waals surface area contributed by atoms with Crippen LogP contribution in [0.4, 0.5) is 0 Å². The molecule has 1 fully saturated rings. The van der Waals surface area contributed by atoms with E-state index >= 15 is 0 Å². The smallest absolute Gasteiger partial charge is 0.256 e. The van der Waals surface area contributed by atoms with E-state index in [0.717, 1.165) is 24.0 Å². The van der Waals surface area contributed by atoms with Gasteiger partial charge in [0.15, 0.2) is 0 Å². The maximum atomic E-state index is 13.6. The summed E-state index contributed by atoms with van der Waals surface area (Å²) in [4.78, 5) is 29.8. The second-order valence-corrected chi connectivity index (χ2v) is 8.05. The van der Waals surface area contributed by atoms with E-state index < -0.39 is 0 Å². The predicted octanol–water partition coefficient (Wildman–Crippen LogP) is 3.63. The lowest BCUT2D eigenvalue weighted by Gasteiger charge is -2.38. The normalized spacial score (nSPS) is 18.9. The van der Waals surface area contributed by atoms with Crippen LogP contribution in [0, 0.1) is 12.8 Å². The summed E-state index contributed by atoms with van der Waals surface area (Å²) >= 11 is 0. The van der Waals surface area contributed by atoms with Gasteiger partial charge < -0.3 is 4.90 Å². The second-order valence-electron chi connectivity index (χ2n) is 8.05. The van der Waals surface area contributed by atoms with Crippen molar-refractivity contribution in [1.29, 1.82) is 0 Å². The highest BCUT2D eigenvalue weighted by Crippen LogP contribution is 2.27. The molecule has 2 atom stereocenters. The van der Waals surface area contributed by atoms with Crippen LogP contribution < -0.4 is 0 Å². The van der Waals surface area contributed by atoms with Crippen LogP contribution in [-0.2, 0) is 11.2 Å². The fourth-order valence-electron chi connectivity index (χ4n) is 4.08. The van der Waals surface area contributed by atoms with Crippen LogP contribution in [0.1, 0.15) is 41.3 Å². The van der Waals surface area contributed by atoms with Crippen LogP contribution in [-0.4, -0.2) is 44.2 Å². The zero-order chi connectivity index (χ0) is 21.1. The molecule has 1 amide bonds. The fraction of sp³-hybridized carbons (Fsp3) is 0.333. The first-order valence-corrected chi connectivity index (χ1v) is 10.4. The molecule has 154 valence electrons. The lowest BCUT2D eigenvalue weighted by Crippen LogP contribution is -2.47. The van der Waals surface area contributed by atoms with Gasteiger partial charge in [-0.05, 0) is 44.4 Å². The van der Waals surface area contributed by atoms with Crippen molar-refractivity contribution in [3.8, 4) is 5.69 Å². The molecule has 3 aromatic rings. The number of ketones is 1. The Bertz CT molecular complexity index is 1030. The van der Waals surface area contributed by atoms with E-state index in [0.29, 0.717) is 24.2 Å². The number of aryl methyl sites for hydroxylation is 1. The zero-order valence-electron chi connectivity index (χ0n) is 17.4. The Hall–Kier alpha value is -3.28. The third-order valence-corrected chi connectivity index (χ3v) is 5.84. The van der Waals surface area contributed by atoms with Crippen LogP contribution in [0.25, 0.3) is 5.69 Å². The number of likely N-dealkylation sites (tertiary alicyclic amines) is 1. The second kappa shape index (κ2) is 8.61. The highest BCUT2D eigenvalue weighted by molar-refractivity contribution is 5.98.